The maximum Gasteiger partial charge on any atom is 0.416 e. The number of likely N-dealkylation sites (tertiary alicyclic amines) is 1. The number of hydrogen-bond donors (Lipinski definition) is 2. The van der Waals surface area contributed by atoms with Crippen molar-refractivity contribution in [2.45, 2.75) is 31.6 Å². The summed E-state index contributed by atoms with van der Waals surface area (Å²) in [5, 5.41) is 3.03. The van der Waals surface area contributed by atoms with Crippen molar-refractivity contribution >= 4 is 11.6 Å². The minimum Gasteiger partial charge on any atom is -0.399 e. The average molecular weight is 377 g/mol. The lowest BCUT2D eigenvalue weighted by molar-refractivity contribution is -0.137. The standard InChI is InChI=1S/C20H22F3N3O/c21-20(22,23)16-5-1-15(2-6-16)12-26-10-9-18(13-26)25-19(27)11-14-3-7-17(24)8-4-14/h1-8,18H,9-13,24H2,(H,25,27). The SMILES string of the molecule is Nc1ccc(CC(=O)NC2CCN(Cc3ccc(C(F)(F)F)cc3)C2)cc1. The van der Waals surface area contributed by atoms with Gasteiger partial charge in [-0.05, 0) is 41.8 Å². The summed E-state index contributed by atoms with van der Waals surface area (Å²) in [6.45, 7) is 2.06. The zero-order valence-electron chi connectivity index (χ0n) is 14.8. The Morgan fingerprint density at radius 2 is 1.70 bits per heavy atom. The molecule has 1 aliphatic heterocycles. The lowest BCUT2D eigenvalue weighted by Crippen LogP contribution is -2.37. The predicted molar refractivity (Wildman–Crippen MR) is 97.8 cm³/mol. The van der Waals surface area contributed by atoms with E-state index in [9.17, 15) is 18.0 Å². The number of nitrogens with two attached hydrogens (primary N) is 1. The van der Waals surface area contributed by atoms with Crippen molar-refractivity contribution in [1.29, 1.82) is 0 Å². The molecule has 1 unspecified atom stereocenters. The Labute approximate surface area is 156 Å². The molecule has 2 aromatic carbocycles. The van der Waals surface area contributed by atoms with Gasteiger partial charge in [-0.2, -0.15) is 13.2 Å². The van der Waals surface area contributed by atoms with Crippen LogP contribution in [-0.4, -0.2) is 29.9 Å². The summed E-state index contributed by atoms with van der Waals surface area (Å²) in [5.74, 6) is -0.0406. The molecule has 7 heteroatoms. The highest BCUT2D eigenvalue weighted by molar-refractivity contribution is 5.79. The maximum atomic E-state index is 12.6. The molecule has 1 heterocycles. The van der Waals surface area contributed by atoms with E-state index in [2.05, 4.69) is 10.2 Å². The van der Waals surface area contributed by atoms with E-state index in [1.165, 1.54) is 12.1 Å². The van der Waals surface area contributed by atoms with Crippen LogP contribution in [0.25, 0.3) is 0 Å². The zero-order valence-corrected chi connectivity index (χ0v) is 14.8. The highest BCUT2D eigenvalue weighted by Crippen LogP contribution is 2.29. The number of carbonyl (C=O) groups is 1. The fourth-order valence-electron chi connectivity index (χ4n) is 3.25. The highest BCUT2D eigenvalue weighted by Gasteiger charge is 2.30. The Kier molecular flexibility index (Phi) is 5.70. The van der Waals surface area contributed by atoms with Gasteiger partial charge < -0.3 is 11.1 Å². The van der Waals surface area contributed by atoms with E-state index in [-0.39, 0.29) is 11.9 Å². The van der Waals surface area contributed by atoms with Crippen molar-refractivity contribution in [3.63, 3.8) is 0 Å². The summed E-state index contributed by atoms with van der Waals surface area (Å²) in [6, 6.07) is 12.5. The van der Waals surface area contributed by atoms with Crippen molar-refractivity contribution in [1.82, 2.24) is 10.2 Å². The molecule has 0 spiro atoms. The van der Waals surface area contributed by atoms with Crippen LogP contribution < -0.4 is 11.1 Å². The molecule has 0 aromatic heterocycles. The van der Waals surface area contributed by atoms with Crippen molar-refractivity contribution in [2.24, 2.45) is 0 Å². The number of carbonyl (C=O) groups excluding carboxylic acids is 1. The number of nitrogen functional groups attached to an aromatic ring is 1. The first-order chi connectivity index (χ1) is 12.8. The van der Waals surface area contributed by atoms with Crippen molar-refractivity contribution in [2.75, 3.05) is 18.8 Å². The number of alkyl halides is 3. The van der Waals surface area contributed by atoms with E-state index in [4.69, 9.17) is 5.73 Å². The molecule has 0 aliphatic carbocycles. The molecule has 0 bridgehead atoms. The summed E-state index contributed by atoms with van der Waals surface area (Å²) >= 11 is 0. The van der Waals surface area contributed by atoms with E-state index < -0.39 is 11.7 Å². The molecule has 1 saturated heterocycles. The van der Waals surface area contributed by atoms with Crippen LogP contribution in [-0.2, 0) is 23.9 Å². The normalized spacial score (nSPS) is 17.8. The largest absolute Gasteiger partial charge is 0.416 e. The Hall–Kier alpha value is -2.54. The Bertz CT molecular complexity index is 773. The van der Waals surface area contributed by atoms with Crippen molar-refractivity contribution in [3.8, 4) is 0 Å². The third-order valence-electron chi connectivity index (χ3n) is 4.67. The Balaban J connectivity index is 1.47. The third kappa shape index (κ3) is 5.47. The summed E-state index contributed by atoms with van der Waals surface area (Å²) in [4.78, 5) is 14.3. The number of hydrogen-bond acceptors (Lipinski definition) is 3. The van der Waals surface area contributed by atoms with Crippen molar-refractivity contribution < 1.29 is 18.0 Å². The molecular weight excluding hydrogens is 355 g/mol. The molecule has 144 valence electrons. The molecule has 1 atom stereocenters. The van der Waals surface area contributed by atoms with Gasteiger partial charge in [0, 0.05) is 31.4 Å². The van der Waals surface area contributed by atoms with E-state index in [0.29, 0.717) is 25.2 Å². The van der Waals surface area contributed by atoms with Gasteiger partial charge >= 0.3 is 6.18 Å². The number of benzene rings is 2. The monoisotopic (exact) mass is 377 g/mol. The molecule has 0 saturated carbocycles. The van der Waals surface area contributed by atoms with Crippen LogP contribution in [0, 0.1) is 0 Å². The van der Waals surface area contributed by atoms with Crippen molar-refractivity contribution in [3.05, 3.63) is 65.2 Å². The average Bonchev–Trinajstić information content (AvgIpc) is 3.03. The van der Waals surface area contributed by atoms with Gasteiger partial charge in [-0.1, -0.05) is 24.3 Å². The lowest BCUT2D eigenvalue weighted by Gasteiger charge is -2.17. The van der Waals surface area contributed by atoms with E-state index >= 15 is 0 Å². The number of rotatable bonds is 5. The predicted octanol–water partition coefficient (Wildman–Crippen LogP) is 3.22. The van der Waals surface area contributed by atoms with Gasteiger partial charge in [0.15, 0.2) is 0 Å². The second-order valence-electron chi connectivity index (χ2n) is 6.90. The second kappa shape index (κ2) is 8.00. The highest BCUT2D eigenvalue weighted by atomic mass is 19.4. The van der Waals surface area contributed by atoms with Gasteiger partial charge in [0.05, 0.1) is 12.0 Å². The summed E-state index contributed by atoms with van der Waals surface area (Å²) in [6.07, 6.45) is -3.18. The molecule has 3 N–H and O–H groups in total. The van der Waals surface area contributed by atoms with E-state index in [1.807, 2.05) is 12.1 Å². The van der Waals surface area contributed by atoms with Gasteiger partial charge in [-0.15, -0.1) is 0 Å². The zero-order chi connectivity index (χ0) is 19.4. The van der Waals surface area contributed by atoms with Crippen LogP contribution in [0.2, 0.25) is 0 Å². The molecule has 1 fully saturated rings. The first kappa shape index (κ1) is 19.2. The maximum absolute atomic E-state index is 12.6. The van der Waals surface area contributed by atoms with Gasteiger partial charge in [0.25, 0.3) is 0 Å². The number of amides is 1. The van der Waals surface area contributed by atoms with Gasteiger partial charge in [-0.3, -0.25) is 9.69 Å². The smallest absolute Gasteiger partial charge is 0.399 e. The molecule has 2 aromatic rings. The Morgan fingerprint density at radius 3 is 2.33 bits per heavy atom. The summed E-state index contributed by atoms with van der Waals surface area (Å²) in [5.41, 5.74) is 7.39. The molecule has 1 amide bonds. The fraction of sp³-hybridized carbons (Fsp3) is 0.350. The van der Waals surface area contributed by atoms with Crippen LogP contribution in [0.1, 0.15) is 23.1 Å². The van der Waals surface area contributed by atoms with E-state index in [0.717, 1.165) is 36.2 Å². The molecule has 27 heavy (non-hydrogen) atoms. The Morgan fingerprint density at radius 1 is 1.07 bits per heavy atom. The number of nitrogens with one attached hydrogen (secondary N) is 1. The van der Waals surface area contributed by atoms with Crippen LogP contribution in [0.3, 0.4) is 0 Å². The second-order valence-corrected chi connectivity index (χ2v) is 6.90. The van der Waals surface area contributed by atoms with Crippen LogP contribution in [0.15, 0.2) is 48.5 Å². The molecule has 0 radical (unpaired) electrons. The van der Waals surface area contributed by atoms with Gasteiger partial charge in [-0.25, -0.2) is 0 Å². The fourth-order valence-corrected chi connectivity index (χ4v) is 3.25. The number of nitrogens with zero attached hydrogens (tertiary/aromatic N) is 1. The minimum atomic E-state index is -4.31. The van der Waals surface area contributed by atoms with Crippen LogP contribution in [0.4, 0.5) is 18.9 Å². The lowest BCUT2D eigenvalue weighted by atomic mass is 10.1. The quantitative estimate of drug-likeness (QED) is 0.787. The number of anilines is 1. The van der Waals surface area contributed by atoms with E-state index in [1.54, 1.807) is 12.1 Å². The van der Waals surface area contributed by atoms with Gasteiger partial charge in [0.2, 0.25) is 5.91 Å². The minimum absolute atomic E-state index is 0.0406. The van der Waals surface area contributed by atoms with Crippen LogP contribution >= 0.6 is 0 Å². The van der Waals surface area contributed by atoms with Crippen LogP contribution in [0.5, 0.6) is 0 Å². The first-order valence-electron chi connectivity index (χ1n) is 8.82. The first-order valence-corrected chi connectivity index (χ1v) is 8.82. The topological polar surface area (TPSA) is 58.4 Å². The third-order valence-corrected chi connectivity index (χ3v) is 4.67. The molecular formula is C20H22F3N3O. The molecule has 3 rings (SSSR count). The van der Waals surface area contributed by atoms with Gasteiger partial charge in [0.1, 0.15) is 0 Å². The molecule has 4 nitrogen and oxygen atoms in total. The number of halogens is 3. The summed E-state index contributed by atoms with van der Waals surface area (Å²) < 4.78 is 37.8. The summed E-state index contributed by atoms with van der Waals surface area (Å²) in [7, 11) is 0. The molecule has 1 aliphatic rings.